The van der Waals surface area contributed by atoms with Gasteiger partial charge in [-0.25, -0.2) is 4.79 Å². The number of aliphatic carboxylic acids is 1. The number of nitrogens with one attached hydrogen (secondary N) is 1. The van der Waals surface area contributed by atoms with Crippen LogP contribution in [0.4, 0.5) is 13.2 Å². The van der Waals surface area contributed by atoms with Crippen LogP contribution >= 0.6 is 0 Å². The third-order valence-corrected chi connectivity index (χ3v) is 7.78. The monoisotopic (exact) mass is 548 g/mol. The highest BCUT2D eigenvalue weighted by Crippen LogP contribution is 2.46. The minimum atomic E-state index is -5.08. The van der Waals surface area contributed by atoms with Gasteiger partial charge in [0.2, 0.25) is 5.91 Å². The molecule has 2 aromatic rings. The molecule has 0 radical (unpaired) electrons. The van der Waals surface area contributed by atoms with Crippen LogP contribution in [-0.2, 0) is 16.1 Å². The fourth-order valence-electron chi connectivity index (χ4n) is 5.40. The first kappa shape index (κ1) is 28.7. The van der Waals surface area contributed by atoms with Crippen molar-refractivity contribution in [3.63, 3.8) is 0 Å². The highest BCUT2D eigenvalue weighted by atomic mass is 19.4. The zero-order valence-electron chi connectivity index (χ0n) is 22.0. The second-order valence-electron chi connectivity index (χ2n) is 10.6. The van der Waals surface area contributed by atoms with Gasteiger partial charge >= 0.3 is 12.1 Å². The maximum absolute atomic E-state index is 12.7. The summed E-state index contributed by atoms with van der Waals surface area (Å²) < 4.78 is 43.6. The fraction of sp³-hybridized carbons (Fsp3) is 0.517. The summed E-state index contributed by atoms with van der Waals surface area (Å²) in [5.41, 5.74) is 2.34. The van der Waals surface area contributed by atoms with E-state index in [-0.39, 0.29) is 17.4 Å². The lowest BCUT2D eigenvalue weighted by Crippen LogP contribution is -2.50. The number of carbonyl (C=O) groups is 2. The number of halogens is 3. The van der Waals surface area contributed by atoms with Crippen LogP contribution < -0.4 is 14.8 Å². The first-order valence-electron chi connectivity index (χ1n) is 13.3. The predicted octanol–water partition coefficient (Wildman–Crippen LogP) is 5.29. The number of carboxylic acid groups (broad SMARTS) is 1. The molecule has 1 amide bonds. The Balaban J connectivity index is 0.000000448. The lowest BCUT2D eigenvalue weighted by atomic mass is 9.76. The first-order chi connectivity index (χ1) is 18.6. The summed E-state index contributed by atoms with van der Waals surface area (Å²) in [5.74, 6) is -0.457. The maximum Gasteiger partial charge on any atom is 0.490 e. The number of hydrogen-bond donors (Lipinski definition) is 2. The molecule has 5 rings (SSSR count). The molecule has 2 fully saturated rings. The van der Waals surface area contributed by atoms with Gasteiger partial charge in [-0.2, -0.15) is 13.2 Å². The number of nitrogens with zero attached hydrogens (tertiary/aromatic N) is 1. The Morgan fingerprint density at radius 2 is 1.74 bits per heavy atom. The van der Waals surface area contributed by atoms with Gasteiger partial charge in [0.1, 0.15) is 17.1 Å². The van der Waals surface area contributed by atoms with Gasteiger partial charge in [-0.05, 0) is 67.9 Å². The summed E-state index contributed by atoms with van der Waals surface area (Å²) in [6.45, 7) is 2.97. The lowest BCUT2D eigenvalue weighted by Gasteiger charge is -2.47. The van der Waals surface area contributed by atoms with Crippen molar-refractivity contribution in [1.29, 1.82) is 0 Å². The van der Waals surface area contributed by atoms with Crippen LogP contribution in [-0.4, -0.2) is 59.9 Å². The zero-order chi connectivity index (χ0) is 28.0. The number of piperidine rings is 1. The topological polar surface area (TPSA) is 88.1 Å². The molecule has 2 aromatic carbocycles. The third kappa shape index (κ3) is 7.65. The minimum absolute atomic E-state index is 0.161. The number of rotatable bonds is 6. The number of benzene rings is 2. The molecule has 1 atom stereocenters. The lowest BCUT2D eigenvalue weighted by molar-refractivity contribution is -0.192. The summed E-state index contributed by atoms with van der Waals surface area (Å²) >= 11 is 0. The van der Waals surface area contributed by atoms with Crippen molar-refractivity contribution in [1.82, 2.24) is 10.2 Å². The zero-order valence-corrected chi connectivity index (χ0v) is 22.0. The van der Waals surface area contributed by atoms with Gasteiger partial charge in [0.15, 0.2) is 0 Å². The van der Waals surface area contributed by atoms with E-state index in [9.17, 15) is 18.0 Å². The van der Waals surface area contributed by atoms with Gasteiger partial charge in [-0.1, -0.05) is 30.3 Å². The van der Waals surface area contributed by atoms with Crippen LogP contribution in [0, 0.1) is 0 Å². The van der Waals surface area contributed by atoms with E-state index in [0.29, 0.717) is 12.5 Å². The average Bonchev–Trinajstić information content (AvgIpc) is 2.88. The number of alkyl halides is 3. The van der Waals surface area contributed by atoms with E-state index < -0.39 is 12.1 Å². The molecule has 2 N–H and O–H groups in total. The first-order valence-corrected chi connectivity index (χ1v) is 13.3. The van der Waals surface area contributed by atoms with E-state index in [2.05, 4.69) is 40.5 Å². The van der Waals surface area contributed by atoms with Gasteiger partial charge in [-0.15, -0.1) is 0 Å². The minimum Gasteiger partial charge on any atom is -0.497 e. The number of hydrogen-bond acceptors (Lipinski definition) is 5. The molecule has 39 heavy (non-hydrogen) atoms. The number of amides is 1. The van der Waals surface area contributed by atoms with Gasteiger partial charge in [0.05, 0.1) is 7.11 Å². The largest absolute Gasteiger partial charge is 0.497 e. The number of para-hydroxylation sites is 1. The number of carbonyl (C=O) groups excluding carboxylic acids is 1. The van der Waals surface area contributed by atoms with E-state index in [1.54, 1.807) is 7.11 Å². The molecule has 0 bridgehead atoms. The Bertz CT molecular complexity index is 1130. The summed E-state index contributed by atoms with van der Waals surface area (Å²) in [6.07, 6.45) is 1.90. The Morgan fingerprint density at radius 3 is 2.31 bits per heavy atom. The Morgan fingerprint density at radius 1 is 1.10 bits per heavy atom. The fourth-order valence-corrected chi connectivity index (χ4v) is 5.40. The Labute approximate surface area is 226 Å². The van der Waals surface area contributed by atoms with Crippen molar-refractivity contribution >= 4 is 11.9 Å². The Kier molecular flexibility index (Phi) is 9.04. The molecule has 212 valence electrons. The van der Waals surface area contributed by atoms with E-state index in [4.69, 9.17) is 19.4 Å². The third-order valence-electron chi connectivity index (χ3n) is 7.78. The quantitative estimate of drug-likeness (QED) is 0.510. The second kappa shape index (κ2) is 12.3. The standard InChI is InChI=1S/C27H34N2O3.C2HF3O2/c1-31-23-11-9-20(10-12-23)19-29-15-13-27(14-16-29)18-21(17-26(30)28-22-5-4-6-22)24-7-2-3-8-25(24)32-27;3-2(4,5)1(6)7/h2-3,7-12,21-22H,4-6,13-19H2,1H3,(H,28,30);(H,6,7). The van der Waals surface area contributed by atoms with Crippen molar-refractivity contribution in [2.24, 2.45) is 0 Å². The molecule has 7 nitrogen and oxygen atoms in total. The molecular weight excluding hydrogens is 513 g/mol. The number of carboxylic acids is 1. The van der Waals surface area contributed by atoms with Crippen LogP contribution in [0.25, 0.3) is 0 Å². The molecule has 1 saturated heterocycles. The van der Waals surface area contributed by atoms with Gasteiger partial charge < -0.3 is 19.9 Å². The Hall–Kier alpha value is -3.27. The molecular formula is C29H35F3N2O5. The molecule has 1 unspecified atom stereocenters. The normalized spacial score (nSPS) is 20.5. The van der Waals surface area contributed by atoms with Crippen LogP contribution in [0.3, 0.4) is 0 Å². The van der Waals surface area contributed by atoms with Gasteiger partial charge in [0, 0.05) is 38.0 Å². The van der Waals surface area contributed by atoms with Crippen molar-refractivity contribution in [2.75, 3.05) is 20.2 Å². The summed E-state index contributed by atoms with van der Waals surface area (Å²) in [6, 6.07) is 17.1. The van der Waals surface area contributed by atoms with E-state index in [0.717, 1.165) is 63.2 Å². The molecule has 1 aliphatic carbocycles. The van der Waals surface area contributed by atoms with Crippen LogP contribution in [0.5, 0.6) is 11.5 Å². The average molecular weight is 549 g/mol. The second-order valence-corrected chi connectivity index (χ2v) is 10.6. The highest BCUT2D eigenvalue weighted by Gasteiger charge is 2.43. The summed E-state index contributed by atoms with van der Waals surface area (Å²) in [5, 5.41) is 10.4. The number of fused-ring (bicyclic) bond motifs is 1. The maximum atomic E-state index is 12.7. The summed E-state index contributed by atoms with van der Waals surface area (Å²) in [4.78, 5) is 24.1. The van der Waals surface area contributed by atoms with E-state index in [1.807, 2.05) is 18.2 Å². The van der Waals surface area contributed by atoms with Gasteiger partial charge in [0.25, 0.3) is 0 Å². The van der Waals surface area contributed by atoms with Crippen molar-refractivity contribution in [2.45, 2.75) is 75.2 Å². The molecule has 2 aliphatic heterocycles. The number of methoxy groups -OCH3 is 1. The van der Waals surface area contributed by atoms with Crippen molar-refractivity contribution in [3.8, 4) is 11.5 Å². The molecule has 2 heterocycles. The van der Waals surface area contributed by atoms with Crippen molar-refractivity contribution < 1.29 is 37.3 Å². The molecule has 10 heteroatoms. The molecule has 0 aromatic heterocycles. The van der Waals surface area contributed by atoms with Crippen LogP contribution in [0.1, 0.15) is 62.0 Å². The predicted molar refractivity (Wildman–Crippen MR) is 139 cm³/mol. The number of likely N-dealkylation sites (tertiary alicyclic amines) is 1. The molecule has 1 saturated carbocycles. The highest BCUT2D eigenvalue weighted by molar-refractivity contribution is 5.77. The van der Waals surface area contributed by atoms with E-state index >= 15 is 0 Å². The SMILES string of the molecule is COc1ccc(CN2CCC3(CC2)CC(CC(=O)NC2CCC2)c2ccccc2O3)cc1.O=C(O)C(F)(F)F. The molecule has 3 aliphatic rings. The molecule has 1 spiro atoms. The van der Waals surface area contributed by atoms with Crippen LogP contribution in [0.15, 0.2) is 48.5 Å². The van der Waals surface area contributed by atoms with Gasteiger partial charge in [-0.3, -0.25) is 9.69 Å². The van der Waals surface area contributed by atoms with E-state index in [1.165, 1.54) is 17.5 Å². The summed E-state index contributed by atoms with van der Waals surface area (Å²) in [7, 11) is 1.70. The van der Waals surface area contributed by atoms with Crippen LogP contribution in [0.2, 0.25) is 0 Å². The smallest absolute Gasteiger partial charge is 0.490 e. The van der Waals surface area contributed by atoms with Crippen molar-refractivity contribution in [3.05, 3.63) is 59.7 Å². The number of ether oxygens (including phenoxy) is 2.